The lowest BCUT2D eigenvalue weighted by Gasteiger charge is -2.16. The SMILES string of the molecule is CCS(=O)(=O)CCCOc1cccc([B-](F)(F)F)c1. The second-order valence-electron chi connectivity index (χ2n) is 4.09. The van der Waals surface area contributed by atoms with Crippen molar-refractivity contribution in [2.45, 2.75) is 13.3 Å². The number of hydrogen-bond acceptors (Lipinski definition) is 3. The second-order valence-corrected chi connectivity index (χ2v) is 6.56. The third-order valence-corrected chi connectivity index (χ3v) is 4.33. The Balaban J connectivity index is 2.51. The molecule has 19 heavy (non-hydrogen) atoms. The third-order valence-electron chi connectivity index (χ3n) is 2.54. The summed E-state index contributed by atoms with van der Waals surface area (Å²) in [6.45, 7) is -3.42. The highest BCUT2D eigenvalue weighted by Gasteiger charge is 2.25. The first-order chi connectivity index (χ1) is 8.74. The van der Waals surface area contributed by atoms with Gasteiger partial charge in [0.1, 0.15) is 15.6 Å². The van der Waals surface area contributed by atoms with Gasteiger partial charge in [-0.25, -0.2) is 8.42 Å². The maximum atomic E-state index is 12.5. The quantitative estimate of drug-likeness (QED) is 0.570. The summed E-state index contributed by atoms with van der Waals surface area (Å²) in [6.07, 6.45) is 0.261. The van der Waals surface area contributed by atoms with Crippen molar-refractivity contribution in [1.82, 2.24) is 0 Å². The lowest BCUT2D eigenvalue weighted by atomic mass is 9.80. The molecule has 1 aromatic carbocycles. The monoisotopic (exact) mass is 295 g/mol. The second kappa shape index (κ2) is 6.32. The van der Waals surface area contributed by atoms with Gasteiger partial charge >= 0.3 is 6.98 Å². The van der Waals surface area contributed by atoms with E-state index in [2.05, 4.69) is 0 Å². The molecule has 0 saturated heterocycles. The largest absolute Gasteiger partial charge is 0.509 e. The zero-order valence-electron chi connectivity index (χ0n) is 10.5. The number of sulfone groups is 1. The molecule has 0 saturated carbocycles. The summed E-state index contributed by atoms with van der Waals surface area (Å²) < 4.78 is 65.0. The van der Waals surface area contributed by atoms with Crippen LogP contribution in [0.4, 0.5) is 12.9 Å². The molecule has 0 fully saturated rings. The van der Waals surface area contributed by atoms with Crippen molar-refractivity contribution in [3.8, 4) is 5.75 Å². The first-order valence-electron chi connectivity index (χ1n) is 5.88. The van der Waals surface area contributed by atoms with E-state index in [0.717, 1.165) is 12.1 Å². The van der Waals surface area contributed by atoms with E-state index in [1.54, 1.807) is 6.92 Å². The zero-order chi connectivity index (χ0) is 14.5. The number of hydrogen-bond donors (Lipinski definition) is 0. The third kappa shape index (κ3) is 5.54. The van der Waals surface area contributed by atoms with Crippen LogP contribution in [-0.4, -0.2) is 33.5 Å². The molecule has 0 N–H and O–H groups in total. The molecular formula is C11H15BF3O3S-. The molecule has 1 rings (SSSR count). The van der Waals surface area contributed by atoms with Gasteiger partial charge in [0.25, 0.3) is 0 Å². The Morgan fingerprint density at radius 3 is 2.53 bits per heavy atom. The van der Waals surface area contributed by atoms with Gasteiger partial charge in [0.15, 0.2) is 0 Å². The Hall–Kier alpha value is -1.18. The molecule has 0 bridgehead atoms. The zero-order valence-corrected chi connectivity index (χ0v) is 11.3. The molecule has 1 aromatic rings. The molecule has 108 valence electrons. The van der Waals surface area contributed by atoms with Gasteiger partial charge in [0, 0.05) is 5.75 Å². The molecule has 0 aliphatic rings. The first-order valence-corrected chi connectivity index (χ1v) is 7.70. The highest BCUT2D eigenvalue weighted by molar-refractivity contribution is 7.91. The Morgan fingerprint density at radius 1 is 1.26 bits per heavy atom. The Bertz CT molecular complexity index is 514. The van der Waals surface area contributed by atoms with Crippen LogP contribution >= 0.6 is 0 Å². The van der Waals surface area contributed by atoms with Crippen molar-refractivity contribution in [2.75, 3.05) is 18.1 Å². The van der Waals surface area contributed by atoms with E-state index in [0.29, 0.717) is 0 Å². The molecule has 0 aliphatic carbocycles. The number of ether oxygens (including phenoxy) is 1. The van der Waals surface area contributed by atoms with Crippen LogP contribution in [0.1, 0.15) is 13.3 Å². The van der Waals surface area contributed by atoms with Crippen LogP contribution < -0.4 is 10.2 Å². The van der Waals surface area contributed by atoms with Crippen molar-refractivity contribution in [2.24, 2.45) is 0 Å². The summed E-state index contributed by atoms with van der Waals surface area (Å²) in [6, 6.07) is 4.59. The van der Waals surface area contributed by atoms with Crippen LogP contribution in [0.5, 0.6) is 5.75 Å². The van der Waals surface area contributed by atoms with E-state index in [1.165, 1.54) is 12.1 Å². The Morgan fingerprint density at radius 2 is 1.95 bits per heavy atom. The number of benzene rings is 1. The summed E-state index contributed by atoms with van der Waals surface area (Å²) >= 11 is 0. The number of rotatable bonds is 7. The van der Waals surface area contributed by atoms with Crippen LogP contribution in [0.2, 0.25) is 0 Å². The molecule has 3 nitrogen and oxygen atoms in total. The molecule has 8 heteroatoms. The lowest BCUT2D eigenvalue weighted by Crippen LogP contribution is -2.33. The van der Waals surface area contributed by atoms with Gasteiger partial charge < -0.3 is 17.7 Å². The van der Waals surface area contributed by atoms with E-state index in [9.17, 15) is 21.4 Å². The molecule has 0 heterocycles. The first kappa shape index (κ1) is 15.9. The molecule has 0 aromatic heterocycles. The molecular weight excluding hydrogens is 280 g/mol. The summed E-state index contributed by atoms with van der Waals surface area (Å²) in [4.78, 5) is 0. The summed E-state index contributed by atoms with van der Waals surface area (Å²) in [5, 5.41) is 0. The maximum Gasteiger partial charge on any atom is 0.509 e. The topological polar surface area (TPSA) is 43.4 Å². The van der Waals surface area contributed by atoms with Crippen LogP contribution in [-0.2, 0) is 9.84 Å². The van der Waals surface area contributed by atoms with Crippen LogP contribution in [0.25, 0.3) is 0 Å². The minimum Gasteiger partial charge on any atom is -0.494 e. The van der Waals surface area contributed by atoms with Crippen molar-refractivity contribution >= 4 is 22.3 Å². The smallest absolute Gasteiger partial charge is 0.494 e. The van der Waals surface area contributed by atoms with Crippen molar-refractivity contribution in [1.29, 1.82) is 0 Å². The molecule has 0 spiro atoms. The predicted octanol–water partition coefficient (Wildman–Crippen LogP) is 1.94. The van der Waals surface area contributed by atoms with Gasteiger partial charge in [0.2, 0.25) is 0 Å². The van der Waals surface area contributed by atoms with Gasteiger partial charge in [-0.3, -0.25) is 0 Å². The summed E-state index contributed by atoms with van der Waals surface area (Å²) in [7, 11) is -3.06. The summed E-state index contributed by atoms with van der Waals surface area (Å²) in [5.74, 6) is 0.136. The lowest BCUT2D eigenvalue weighted by molar-refractivity contribution is 0.317. The molecule has 0 amide bonds. The van der Waals surface area contributed by atoms with Gasteiger partial charge in [-0.1, -0.05) is 19.1 Å². The normalized spacial score (nSPS) is 12.4. The van der Waals surface area contributed by atoms with Crippen molar-refractivity contribution < 1.29 is 26.1 Å². The average molecular weight is 295 g/mol. The fraction of sp³-hybridized carbons (Fsp3) is 0.455. The minimum atomic E-state index is -5.05. The van der Waals surface area contributed by atoms with Crippen LogP contribution in [0, 0.1) is 0 Å². The van der Waals surface area contributed by atoms with Crippen molar-refractivity contribution in [3.63, 3.8) is 0 Å². The number of halogens is 3. The fourth-order valence-electron chi connectivity index (χ4n) is 1.42. The van der Waals surface area contributed by atoms with Gasteiger partial charge in [-0.2, -0.15) is 0 Å². The van der Waals surface area contributed by atoms with Crippen molar-refractivity contribution in [3.05, 3.63) is 24.3 Å². The summed E-state index contributed by atoms with van der Waals surface area (Å²) in [5.41, 5.74) is -0.723. The van der Waals surface area contributed by atoms with Crippen LogP contribution in [0.15, 0.2) is 24.3 Å². The Kier molecular flexibility index (Phi) is 5.28. The molecule has 0 radical (unpaired) electrons. The van der Waals surface area contributed by atoms with E-state index in [1.807, 2.05) is 0 Å². The highest BCUT2D eigenvalue weighted by Crippen LogP contribution is 2.14. The van der Waals surface area contributed by atoms with Gasteiger partial charge in [-0.15, -0.1) is 5.46 Å². The fourth-order valence-corrected chi connectivity index (χ4v) is 2.27. The van der Waals surface area contributed by atoms with Crippen LogP contribution in [0.3, 0.4) is 0 Å². The molecule has 0 unspecified atom stereocenters. The highest BCUT2D eigenvalue weighted by atomic mass is 32.2. The molecule has 0 aliphatic heterocycles. The van der Waals surface area contributed by atoms with Gasteiger partial charge in [0.05, 0.1) is 12.4 Å². The van der Waals surface area contributed by atoms with E-state index < -0.39 is 22.3 Å². The molecule has 0 atom stereocenters. The average Bonchev–Trinajstić information content (AvgIpc) is 2.34. The van der Waals surface area contributed by atoms with E-state index >= 15 is 0 Å². The minimum absolute atomic E-state index is 0.0214. The van der Waals surface area contributed by atoms with E-state index in [4.69, 9.17) is 4.74 Å². The predicted molar refractivity (Wildman–Crippen MR) is 69.6 cm³/mol. The van der Waals surface area contributed by atoms with Gasteiger partial charge in [-0.05, 0) is 18.6 Å². The van der Waals surface area contributed by atoms with E-state index in [-0.39, 0.29) is 30.3 Å². The Labute approximate surface area is 110 Å². The standard InChI is InChI=1S/C11H15BF3O3S/c1-2-19(16,17)8-4-7-18-11-6-3-5-10(9-11)12(13,14)15/h3,5-6,9H,2,4,7-8H2,1H3/q-1. The maximum absolute atomic E-state index is 12.5.